The third-order valence-corrected chi connectivity index (χ3v) is 5.30. The van der Waals surface area contributed by atoms with Gasteiger partial charge in [-0.15, -0.1) is 11.3 Å². The van der Waals surface area contributed by atoms with E-state index in [1.165, 1.54) is 11.3 Å². The lowest BCUT2D eigenvalue weighted by Crippen LogP contribution is -2.49. The first kappa shape index (κ1) is 18.8. The van der Waals surface area contributed by atoms with Crippen molar-refractivity contribution in [2.75, 3.05) is 14.2 Å². The van der Waals surface area contributed by atoms with Gasteiger partial charge in [-0.05, 0) is 39.0 Å². The predicted molar refractivity (Wildman–Crippen MR) is 103 cm³/mol. The Bertz CT molecular complexity index is 949. The Balaban J connectivity index is 1.88. The first-order valence-corrected chi connectivity index (χ1v) is 8.99. The van der Waals surface area contributed by atoms with E-state index in [0.29, 0.717) is 27.1 Å². The van der Waals surface area contributed by atoms with Gasteiger partial charge in [-0.3, -0.25) is 4.79 Å². The number of benzene rings is 1. The number of ether oxygens (including phenoxy) is 2. The summed E-state index contributed by atoms with van der Waals surface area (Å²) in [6.45, 7) is 5.30. The smallest absolute Gasteiger partial charge is 0.343 e. The monoisotopic (exact) mass is 388 g/mol. The third-order valence-electron chi connectivity index (χ3n) is 4.09. The number of rotatable bonds is 4. The summed E-state index contributed by atoms with van der Waals surface area (Å²) < 4.78 is 10.6. The molecule has 0 saturated heterocycles. The molecule has 3 rings (SSSR count). The number of carbonyl (C=O) groups excluding carboxylic acids is 2. The highest BCUT2D eigenvalue weighted by Crippen LogP contribution is 2.35. The van der Waals surface area contributed by atoms with Gasteiger partial charge in [-0.2, -0.15) is 4.99 Å². The van der Waals surface area contributed by atoms with Crippen molar-refractivity contribution in [3.05, 3.63) is 28.8 Å². The average molecular weight is 388 g/mol. The third kappa shape index (κ3) is 3.63. The average Bonchev–Trinajstić information content (AvgIpc) is 3.12. The second-order valence-corrected chi connectivity index (χ2v) is 7.47. The number of amides is 3. The molecule has 0 atom stereocenters. The number of hydrogen-bond donors (Lipinski definition) is 2. The van der Waals surface area contributed by atoms with Crippen LogP contribution in [-0.2, 0) is 0 Å². The fraction of sp³-hybridized carbons (Fsp3) is 0.333. The molecule has 1 aliphatic heterocycles. The van der Waals surface area contributed by atoms with Gasteiger partial charge in [0.2, 0.25) is 0 Å². The standard InChI is InChI=1S/C18H20N4O4S/c1-9-13(14(23)20-16-18(2,3)22-17(24)21-16)27-15(19-9)10-6-7-11(25-4)12(8-10)26-5/h6-8H,1-5H3,(H2,20,21,22,23,24). The molecule has 2 aromatic rings. The second-order valence-electron chi connectivity index (χ2n) is 6.47. The molecule has 142 valence electrons. The number of hydrogen-bond acceptors (Lipinski definition) is 6. The van der Waals surface area contributed by atoms with Crippen LogP contribution in [0.15, 0.2) is 23.2 Å². The van der Waals surface area contributed by atoms with E-state index >= 15 is 0 Å². The Morgan fingerprint density at radius 2 is 1.93 bits per heavy atom. The predicted octanol–water partition coefficient (Wildman–Crippen LogP) is 2.77. The Morgan fingerprint density at radius 3 is 2.52 bits per heavy atom. The Hall–Kier alpha value is -2.94. The van der Waals surface area contributed by atoms with Gasteiger partial charge < -0.3 is 20.1 Å². The molecule has 1 aromatic carbocycles. The van der Waals surface area contributed by atoms with E-state index in [9.17, 15) is 9.59 Å². The molecule has 2 N–H and O–H groups in total. The van der Waals surface area contributed by atoms with E-state index in [2.05, 4.69) is 20.6 Å². The van der Waals surface area contributed by atoms with Crippen LogP contribution in [0.1, 0.15) is 29.2 Å². The van der Waals surface area contributed by atoms with Crippen LogP contribution in [-0.4, -0.2) is 42.5 Å². The number of urea groups is 1. The van der Waals surface area contributed by atoms with Gasteiger partial charge in [-0.25, -0.2) is 9.78 Å². The first-order chi connectivity index (χ1) is 12.7. The van der Waals surface area contributed by atoms with E-state index in [1.807, 2.05) is 12.1 Å². The zero-order valence-electron chi connectivity index (χ0n) is 15.7. The molecule has 3 amide bonds. The highest BCUT2D eigenvalue weighted by molar-refractivity contribution is 7.17. The number of aryl methyl sites for hydroxylation is 1. The van der Waals surface area contributed by atoms with Crippen LogP contribution in [0.4, 0.5) is 4.79 Å². The lowest BCUT2D eigenvalue weighted by atomic mass is 10.1. The minimum absolute atomic E-state index is 0.290. The summed E-state index contributed by atoms with van der Waals surface area (Å²) in [5, 5.41) is 6.07. The Labute approximate surface area is 160 Å². The summed E-state index contributed by atoms with van der Waals surface area (Å²) in [4.78, 5) is 32.9. The number of nitrogens with zero attached hydrogens (tertiary/aromatic N) is 2. The molecule has 0 unspecified atom stereocenters. The highest BCUT2D eigenvalue weighted by Gasteiger charge is 2.35. The Morgan fingerprint density at radius 1 is 1.22 bits per heavy atom. The number of aromatic nitrogens is 1. The maximum atomic E-state index is 12.7. The van der Waals surface area contributed by atoms with Crippen LogP contribution in [0, 0.1) is 6.92 Å². The van der Waals surface area contributed by atoms with Crippen LogP contribution >= 0.6 is 11.3 Å². The minimum Gasteiger partial charge on any atom is -0.493 e. The van der Waals surface area contributed by atoms with Gasteiger partial charge in [0, 0.05) is 5.56 Å². The molecule has 1 aliphatic rings. The number of thiazole rings is 1. The fourth-order valence-electron chi connectivity index (χ4n) is 2.64. The van der Waals surface area contributed by atoms with Crippen molar-refractivity contribution >= 4 is 29.1 Å². The van der Waals surface area contributed by atoms with Gasteiger partial charge in [-0.1, -0.05) is 0 Å². The van der Waals surface area contributed by atoms with Crippen molar-refractivity contribution in [3.8, 4) is 22.1 Å². The van der Waals surface area contributed by atoms with Crippen molar-refractivity contribution in [1.82, 2.24) is 15.6 Å². The van der Waals surface area contributed by atoms with Crippen molar-refractivity contribution in [2.24, 2.45) is 4.99 Å². The summed E-state index contributed by atoms with van der Waals surface area (Å²) in [6.07, 6.45) is 0. The van der Waals surface area contributed by atoms with Crippen LogP contribution in [0.2, 0.25) is 0 Å². The molecule has 2 heterocycles. The van der Waals surface area contributed by atoms with Crippen molar-refractivity contribution in [3.63, 3.8) is 0 Å². The maximum absolute atomic E-state index is 12.7. The molecule has 1 aromatic heterocycles. The van der Waals surface area contributed by atoms with E-state index in [4.69, 9.17) is 9.47 Å². The lowest BCUT2D eigenvalue weighted by molar-refractivity contribution is 0.0978. The molecule has 27 heavy (non-hydrogen) atoms. The van der Waals surface area contributed by atoms with Gasteiger partial charge in [0.15, 0.2) is 11.5 Å². The van der Waals surface area contributed by atoms with Crippen molar-refractivity contribution < 1.29 is 19.1 Å². The van der Waals surface area contributed by atoms with Crippen molar-refractivity contribution in [2.45, 2.75) is 26.3 Å². The zero-order chi connectivity index (χ0) is 19.8. The highest BCUT2D eigenvalue weighted by atomic mass is 32.1. The number of carbonyl (C=O) groups is 2. The molecule has 0 saturated carbocycles. The molecular formula is C18H20N4O4S. The van der Waals surface area contributed by atoms with Gasteiger partial charge >= 0.3 is 6.03 Å². The molecule has 8 nitrogen and oxygen atoms in total. The first-order valence-electron chi connectivity index (χ1n) is 8.17. The second kappa shape index (κ2) is 6.99. The minimum atomic E-state index is -0.725. The summed E-state index contributed by atoms with van der Waals surface area (Å²) in [6, 6.07) is 4.99. The molecular weight excluding hydrogens is 368 g/mol. The van der Waals surface area contributed by atoms with Crippen LogP contribution in [0.25, 0.3) is 10.6 Å². The normalized spacial score (nSPS) is 15.1. The molecule has 0 bridgehead atoms. The molecule has 9 heteroatoms. The van der Waals surface area contributed by atoms with E-state index in [-0.39, 0.29) is 11.7 Å². The molecule has 0 fully saturated rings. The van der Waals surface area contributed by atoms with Crippen LogP contribution < -0.4 is 20.1 Å². The summed E-state index contributed by atoms with van der Waals surface area (Å²) in [5.74, 6) is 1.14. The zero-order valence-corrected chi connectivity index (χ0v) is 16.5. The number of aliphatic imine (C=N–C) groups is 1. The SMILES string of the molecule is COc1ccc(-c2nc(C)c(C(=O)NC3=NC(=O)NC3(C)C)s2)cc1OC. The fourth-order valence-corrected chi connectivity index (χ4v) is 3.60. The molecule has 0 aliphatic carbocycles. The topological polar surface area (TPSA) is 102 Å². The summed E-state index contributed by atoms with van der Waals surface area (Å²) in [7, 11) is 3.13. The van der Waals surface area contributed by atoms with Crippen LogP contribution in [0.3, 0.4) is 0 Å². The number of methoxy groups -OCH3 is 2. The number of amidine groups is 1. The summed E-state index contributed by atoms with van der Waals surface area (Å²) in [5.41, 5.74) is 0.686. The van der Waals surface area contributed by atoms with E-state index < -0.39 is 11.6 Å². The maximum Gasteiger partial charge on any atom is 0.343 e. The van der Waals surface area contributed by atoms with E-state index in [0.717, 1.165) is 5.56 Å². The van der Waals surface area contributed by atoms with Crippen LogP contribution in [0.5, 0.6) is 11.5 Å². The number of nitrogens with one attached hydrogen (secondary N) is 2. The van der Waals surface area contributed by atoms with Gasteiger partial charge in [0.25, 0.3) is 5.91 Å². The largest absolute Gasteiger partial charge is 0.493 e. The lowest BCUT2D eigenvalue weighted by Gasteiger charge is -2.20. The van der Waals surface area contributed by atoms with Gasteiger partial charge in [0.05, 0.1) is 25.5 Å². The van der Waals surface area contributed by atoms with Crippen molar-refractivity contribution in [1.29, 1.82) is 0 Å². The Kier molecular flexibility index (Phi) is 4.88. The molecule has 0 radical (unpaired) electrons. The quantitative estimate of drug-likeness (QED) is 0.839. The van der Waals surface area contributed by atoms with Gasteiger partial charge in [0.1, 0.15) is 15.7 Å². The van der Waals surface area contributed by atoms with E-state index in [1.54, 1.807) is 41.1 Å². The summed E-state index contributed by atoms with van der Waals surface area (Å²) >= 11 is 1.26. The molecule has 0 spiro atoms.